The molecule has 0 radical (unpaired) electrons. The van der Waals surface area contributed by atoms with E-state index in [2.05, 4.69) is 61.5 Å². The summed E-state index contributed by atoms with van der Waals surface area (Å²) in [6.45, 7) is 5.63. The van der Waals surface area contributed by atoms with Gasteiger partial charge >= 0.3 is 0 Å². The van der Waals surface area contributed by atoms with Gasteiger partial charge < -0.3 is 9.72 Å². The van der Waals surface area contributed by atoms with Gasteiger partial charge in [0.2, 0.25) is 0 Å². The number of tetrazole rings is 1. The first kappa shape index (κ1) is 23.7. The summed E-state index contributed by atoms with van der Waals surface area (Å²) in [6, 6.07) is 12.3. The second-order valence-electron chi connectivity index (χ2n) is 9.67. The maximum atomic E-state index is 13.2. The van der Waals surface area contributed by atoms with Crippen LogP contribution in [0, 0.1) is 5.92 Å². The summed E-state index contributed by atoms with van der Waals surface area (Å²) in [4.78, 5) is 19.8. The maximum absolute atomic E-state index is 13.2. The molecule has 4 aromatic rings. The number of ether oxygens (including phenoxy) is 1. The minimum absolute atomic E-state index is 0.0290. The van der Waals surface area contributed by atoms with Gasteiger partial charge in [-0.3, -0.25) is 9.69 Å². The zero-order valence-electron chi connectivity index (χ0n) is 20.5. The van der Waals surface area contributed by atoms with E-state index in [1.807, 2.05) is 24.3 Å². The van der Waals surface area contributed by atoms with Crippen molar-refractivity contribution in [3.63, 3.8) is 0 Å². The van der Waals surface area contributed by atoms with Gasteiger partial charge in [-0.2, -0.15) is 0 Å². The number of methoxy groups -OCH3 is 1. The SMILES string of the molecule is COc1ccc2cc(CN(Cc3cccs3)[C@H](c3nnnn3C3CCCC3)C(C)C)c(=O)[nH]c2c1. The maximum Gasteiger partial charge on any atom is 0.252 e. The Morgan fingerprint density at radius 1 is 1.20 bits per heavy atom. The fourth-order valence-electron chi connectivity index (χ4n) is 5.23. The molecule has 5 rings (SSSR count). The molecule has 184 valence electrons. The van der Waals surface area contributed by atoms with Crippen molar-refractivity contribution in [3.05, 3.63) is 68.4 Å². The number of aromatic amines is 1. The van der Waals surface area contributed by atoms with Gasteiger partial charge in [-0.15, -0.1) is 16.4 Å². The molecular formula is C26H32N6O2S. The largest absolute Gasteiger partial charge is 0.497 e. The minimum atomic E-state index is -0.0835. The highest BCUT2D eigenvalue weighted by Gasteiger charge is 2.32. The number of fused-ring (bicyclic) bond motifs is 1. The van der Waals surface area contributed by atoms with Gasteiger partial charge in [-0.1, -0.05) is 32.8 Å². The zero-order chi connectivity index (χ0) is 24.4. The van der Waals surface area contributed by atoms with Crippen LogP contribution in [-0.2, 0) is 13.1 Å². The lowest BCUT2D eigenvalue weighted by molar-refractivity contribution is 0.124. The number of aromatic nitrogens is 5. The molecule has 3 aromatic heterocycles. The quantitative estimate of drug-likeness (QED) is 0.350. The molecule has 0 bridgehead atoms. The van der Waals surface area contributed by atoms with Crippen LogP contribution in [0.1, 0.15) is 67.9 Å². The van der Waals surface area contributed by atoms with Crippen LogP contribution >= 0.6 is 11.3 Å². The lowest BCUT2D eigenvalue weighted by Crippen LogP contribution is -2.35. The number of hydrogen-bond acceptors (Lipinski definition) is 7. The molecule has 0 aliphatic heterocycles. The van der Waals surface area contributed by atoms with Crippen molar-refractivity contribution in [1.82, 2.24) is 30.1 Å². The molecule has 1 atom stereocenters. The first-order chi connectivity index (χ1) is 17.0. The molecule has 1 fully saturated rings. The summed E-state index contributed by atoms with van der Waals surface area (Å²) >= 11 is 1.73. The molecule has 9 heteroatoms. The van der Waals surface area contributed by atoms with Gasteiger partial charge in [-0.05, 0) is 64.2 Å². The van der Waals surface area contributed by atoms with Gasteiger partial charge in [-0.25, -0.2) is 4.68 Å². The third-order valence-electron chi connectivity index (χ3n) is 6.92. The van der Waals surface area contributed by atoms with E-state index in [1.165, 1.54) is 17.7 Å². The fourth-order valence-corrected chi connectivity index (χ4v) is 5.96. The van der Waals surface area contributed by atoms with Crippen LogP contribution in [0.25, 0.3) is 10.9 Å². The number of hydrogen-bond donors (Lipinski definition) is 1. The average Bonchev–Trinajstić information content (AvgIpc) is 3.62. The molecule has 35 heavy (non-hydrogen) atoms. The third-order valence-corrected chi connectivity index (χ3v) is 7.78. The monoisotopic (exact) mass is 492 g/mol. The smallest absolute Gasteiger partial charge is 0.252 e. The van der Waals surface area contributed by atoms with Crippen LogP contribution in [0.2, 0.25) is 0 Å². The number of rotatable bonds is 9. The fraction of sp³-hybridized carbons (Fsp3) is 0.462. The standard InChI is InChI=1S/C26H32N6O2S/c1-17(2)24(25-28-29-30-32(25)20-7-4-5-8-20)31(16-22-9-6-12-35-22)15-19-13-18-10-11-21(34-3)14-23(18)27-26(19)33/h6,9-14,17,20,24H,4-5,7-8,15-16H2,1-3H3,(H,27,33)/t24-/m0/s1. The van der Waals surface area contributed by atoms with Crippen LogP contribution < -0.4 is 10.3 Å². The van der Waals surface area contributed by atoms with E-state index in [0.29, 0.717) is 12.6 Å². The predicted octanol–water partition coefficient (Wildman–Crippen LogP) is 5.10. The van der Waals surface area contributed by atoms with Crippen molar-refractivity contribution < 1.29 is 4.74 Å². The average molecular weight is 493 g/mol. The van der Waals surface area contributed by atoms with Crippen molar-refractivity contribution in [3.8, 4) is 5.75 Å². The van der Waals surface area contributed by atoms with Crippen LogP contribution in [0.15, 0.2) is 46.6 Å². The minimum Gasteiger partial charge on any atom is -0.497 e. The number of nitrogens with zero attached hydrogens (tertiary/aromatic N) is 5. The Morgan fingerprint density at radius 3 is 2.74 bits per heavy atom. The summed E-state index contributed by atoms with van der Waals surface area (Å²) in [5.74, 6) is 1.87. The Labute approximate surface area is 208 Å². The second kappa shape index (κ2) is 10.3. The van der Waals surface area contributed by atoms with E-state index in [-0.39, 0.29) is 17.5 Å². The van der Waals surface area contributed by atoms with E-state index in [4.69, 9.17) is 4.74 Å². The Hall–Kier alpha value is -3.04. The summed E-state index contributed by atoms with van der Waals surface area (Å²) in [7, 11) is 1.63. The highest BCUT2D eigenvalue weighted by Crippen LogP contribution is 2.35. The molecule has 1 aromatic carbocycles. The van der Waals surface area contributed by atoms with E-state index in [0.717, 1.165) is 47.4 Å². The van der Waals surface area contributed by atoms with Crippen LogP contribution in [0.4, 0.5) is 0 Å². The normalized spacial score (nSPS) is 15.5. The van der Waals surface area contributed by atoms with Crippen LogP contribution in [0.3, 0.4) is 0 Å². The van der Waals surface area contributed by atoms with Crippen LogP contribution in [-0.4, -0.2) is 37.2 Å². The predicted molar refractivity (Wildman–Crippen MR) is 138 cm³/mol. The molecular weight excluding hydrogens is 460 g/mol. The molecule has 0 unspecified atom stereocenters. The summed E-state index contributed by atoms with van der Waals surface area (Å²) in [6.07, 6.45) is 4.65. The summed E-state index contributed by atoms with van der Waals surface area (Å²) < 4.78 is 7.37. The lowest BCUT2D eigenvalue weighted by atomic mass is 9.99. The van der Waals surface area contributed by atoms with Crippen LogP contribution in [0.5, 0.6) is 5.75 Å². The number of benzene rings is 1. The van der Waals surface area contributed by atoms with E-state index in [1.54, 1.807) is 18.4 Å². The first-order valence-corrected chi connectivity index (χ1v) is 13.2. The van der Waals surface area contributed by atoms with Crippen molar-refractivity contribution in [2.45, 2.75) is 64.7 Å². The zero-order valence-corrected chi connectivity index (χ0v) is 21.3. The molecule has 1 N–H and O–H groups in total. The molecule has 0 saturated heterocycles. The van der Waals surface area contributed by atoms with Crippen molar-refractivity contribution in [2.24, 2.45) is 5.92 Å². The molecule has 0 spiro atoms. The Morgan fingerprint density at radius 2 is 2.03 bits per heavy atom. The first-order valence-electron chi connectivity index (χ1n) is 12.3. The molecule has 1 aliphatic carbocycles. The Kier molecular flexibility index (Phi) is 6.97. The number of thiophene rings is 1. The highest BCUT2D eigenvalue weighted by atomic mass is 32.1. The summed E-state index contributed by atoms with van der Waals surface area (Å²) in [5, 5.41) is 16.1. The van der Waals surface area contributed by atoms with Crippen molar-refractivity contribution in [1.29, 1.82) is 0 Å². The van der Waals surface area contributed by atoms with Gasteiger partial charge in [0.05, 0.1) is 24.7 Å². The van der Waals surface area contributed by atoms with Gasteiger partial charge in [0, 0.05) is 29.6 Å². The molecule has 8 nitrogen and oxygen atoms in total. The van der Waals surface area contributed by atoms with Crippen molar-refractivity contribution in [2.75, 3.05) is 7.11 Å². The third kappa shape index (κ3) is 5.01. The topological polar surface area (TPSA) is 88.9 Å². The lowest BCUT2D eigenvalue weighted by Gasteiger charge is -2.33. The van der Waals surface area contributed by atoms with E-state index in [9.17, 15) is 4.79 Å². The molecule has 1 aliphatic rings. The molecule has 1 saturated carbocycles. The van der Waals surface area contributed by atoms with E-state index < -0.39 is 0 Å². The van der Waals surface area contributed by atoms with Gasteiger partial charge in [0.25, 0.3) is 5.56 Å². The van der Waals surface area contributed by atoms with Gasteiger partial charge in [0.1, 0.15) is 5.75 Å². The highest BCUT2D eigenvalue weighted by molar-refractivity contribution is 7.09. The number of pyridine rings is 1. The van der Waals surface area contributed by atoms with Crippen molar-refractivity contribution >= 4 is 22.2 Å². The Bertz CT molecular complexity index is 1320. The number of nitrogens with one attached hydrogen (secondary N) is 1. The number of H-pyrrole nitrogens is 1. The van der Waals surface area contributed by atoms with Gasteiger partial charge in [0.15, 0.2) is 5.82 Å². The second-order valence-corrected chi connectivity index (χ2v) is 10.7. The Balaban J connectivity index is 1.54. The summed E-state index contributed by atoms with van der Waals surface area (Å²) in [5.41, 5.74) is 1.41. The molecule has 3 heterocycles. The molecule has 0 amide bonds. The van der Waals surface area contributed by atoms with E-state index >= 15 is 0 Å².